The van der Waals surface area contributed by atoms with Gasteiger partial charge in [-0.25, -0.2) is 0 Å². The molecule has 108 valence electrons. The molecule has 0 aromatic rings. The van der Waals surface area contributed by atoms with Gasteiger partial charge in [0.15, 0.2) is 0 Å². The van der Waals surface area contributed by atoms with E-state index in [4.69, 9.17) is 10.5 Å². The normalized spacial score (nSPS) is 24.9. The van der Waals surface area contributed by atoms with Crippen molar-refractivity contribution >= 4 is 11.8 Å². The number of morpholine rings is 1. The lowest BCUT2D eigenvalue weighted by molar-refractivity contribution is -0.149. The van der Waals surface area contributed by atoms with Gasteiger partial charge in [0.05, 0.1) is 13.2 Å². The minimum absolute atomic E-state index is 0.00260. The van der Waals surface area contributed by atoms with Crippen molar-refractivity contribution in [3.8, 4) is 0 Å². The zero-order chi connectivity index (χ0) is 13.8. The van der Waals surface area contributed by atoms with Crippen LogP contribution in [0.15, 0.2) is 0 Å². The van der Waals surface area contributed by atoms with E-state index in [2.05, 4.69) is 5.32 Å². The van der Waals surface area contributed by atoms with E-state index < -0.39 is 6.04 Å². The second-order valence-corrected chi connectivity index (χ2v) is 5.51. The third-order valence-electron chi connectivity index (χ3n) is 3.60. The molecule has 0 bridgehead atoms. The van der Waals surface area contributed by atoms with Gasteiger partial charge < -0.3 is 20.7 Å². The number of hydrogen-bond acceptors (Lipinski definition) is 4. The highest BCUT2D eigenvalue weighted by atomic mass is 16.5. The number of rotatable bonds is 5. The number of carbonyl (C=O) groups excluding carboxylic acids is 2. The molecule has 2 fully saturated rings. The van der Waals surface area contributed by atoms with Crippen LogP contribution in [0.2, 0.25) is 0 Å². The number of nitrogens with two attached hydrogens (primary N) is 1. The van der Waals surface area contributed by atoms with Crippen molar-refractivity contribution < 1.29 is 14.3 Å². The molecule has 1 saturated carbocycles. The summed E-state index contributed by atoms with van der Waals surface area (Å²) in [6, 6.07) is -0.179. The Labute approximate surface area is 113 Å². The van der Waals surface area contributed by atoms with E-state index in [1.165, 1.54) is 0 Å². The summed E-state index contributed by atoms with van der Waals surface area (Å²) in [5.74, 6) is 0.0515. The molecule has 2 atom stereocenters. The first kappa shape index (κ1) is 14.3. The van der Waals surface area contributed by atoms with E-state index in [-0.39, 0.29) is 17.7 Å². The summed E-state index contributed by atoms with van der Waals surface area (Å²) in [7, 11) is 0. The van der Waals surface area contributed by atoms with Crippen LogP contribution < -0.4 is 11.1 Å². The highest BCUT2D eigenvalue weighted by Gasteiger charge is 2.35. The molecule has 2 amide bonds. The van der Waals surface area contributed by atoms with Crippen molar-refractivity contribution in [2.45, 2.75) is 38.3 Å². The van der Waals surface area contributed by atoms with Crippen LogP contribution in [0.25, 0.3) is 0 Å². The number of hydrogen-bond donors (Lipinski definition) is 2. The molecule has 6 nitrogen and oxygen atoms in total. The molecule has 2 rings (SSSR count). The molecule has 1 aliphatic heterocycles. The zero-order valence-corrected chi connectivity index (χ0v) is 11.4. The summed E-state index contributed by atoms with van der Waals surface area (Å²) in [6.07, 6.45) is 2.47. The predicted molar refractivity (Wildman–Crippen MR) is 70.3 cm³/mol. The first-order valence-corrected chi connectivity index (χ1v) is 6.99. The maximum atomic E-state index is 12.2. The average molecular weight is 269 g/mol. The van der Waals surface area contributed by atoms with E-state index in [0.717, 1.165) is 12.8 Å². The monoisotopic (exact) mass is 269 g/mol. The van der Waals surface area contributed by atoms with Gasteiger partial charge in [0, 0.05) is 19.0 Å². The standard InChI is InChI=1S/C13H23N3O3/c1-9(7-14)6-12(17)16-4-5-19-8-11(16)13(18)15-10-2-3-10/h9-11H,2-8,14H2,1H3,(H,15,18). The largest absolute Gasteiger partial charge is 0.377 e. The molecule has 0 aromatic heterocycles. The maximum absolute atomic E-state index is 12.2. The Morgan fingerprint density at radius 2 is 2.21 bits per heavy atom. The van der Waals surface area contributed by atoms with Crippen LogP contribution in [0.4, 0.5) is 0 Å². The highest BCUT2D eigenvalue weighted by molar-refractivity contribution is 5.88. The molecule has 0 spiro atoms. The Hall–Kier alpha value is -1.14. The van der Waals surface area contributed by atoms with Gasteiger partial charge in [0.2, 0.25) is 11.8 Å². The molecule has 1 heterocycles. The second-order valence-electron chi connectivity index (χ2n) is 5.51. The number of ether oxygens (including phenoxy) is 1. The van der Waals surface area contributed by atoms with Crippen molar-refractivity contribution in [3.63, 3.8) is 0 Å². The van der Waals surface area contributed by atoms with Crippen LogP contribution in [-0.2, 0) is 14.3 Å². The molecule has 2 unspecified atom stereocenters. The van der Waals surface area contributed by atoms with Crippen LogP contribution in [0.1, 0.15) is 26.2 Å². The molecule has 19 heavy (non-hydrogen) atoms. The van der Waals surface area contributed by atoms with Crippen molar-refractivity contribution in [1.82, 2.24) is 10.2 Å². The Morgan fingerprint density at radius 1 is 1.47 bits per heavy atom. The first-order chi connectivity index (χ1) is 9.11. The van der Waals surface area contributed by atoms with Gasteiger partial charge in [-0.05, 0) is 25.3 Å². The summed E-state index contributed by atoms with van der Waals surface area (Å²) < 4.78 is 5.34. The smallest absolute Gasteiger partial charge is 0.245 e. The SMILES string of the molecule is CC(CN)CC(=O)N1CCOCC1C(=O)NC1CC1. The molecular formula is C13H23N3O3. The Balaban J connectivity index is 1.93. The maximum Gasteiger partial charge on any atom is 0.245 e. The number of carbonyl (C=O) groups is 2. The fourth-order valence-corrected chi connectivity index (χ4v) is 2.14. The molecule has 0 aromatic carbocycles. The van der Waals surface area contributed by atoms with Crippen molar-refractivity contribution in [2.75, 3.05) is 26.3 Å². The number of nitrogens with one attached hydrogen (secondary N) is 1. The quantitative estimate of drug-likeness (QED) is 0.703. The summed E-state index contributed by atoms with van der Waals surface area (Å²) in [6.45, 7) is 3.70. The molecule has 1 saturated heterocycles. The summed E-state index contributed by atoms with van der Waals surface area (Å²) >= 11 is 0. The van der Waals surface area contributed by atoms with E-state index in [9.17, 15) is 9.59 Å². The summed E-state index contributed by atoms with van der Waals surface area (Å²) in [4.78, 5) is 26.0. The van der Waals surface area contributed by atoms with Crippen LogP contribution in [0, 0.1) is 5.92 Å². The van der Waals surface area contributed by atoms with Gasteiger partial charge >= 0.3 is 0 Å². The lowest BCUT2D eigenvalue weighted by Crippen LogP contribution is -2.56. The van der Waals surface area contributed by atoms with Gasteiger partial charge in [-0.2, -0.15) is 0 Å². The third-order valence-corrected chi connectivity index (χ3v) is 3.60. The van der Waals surface area contributed by atoms with E-state index >= 15 is 0 Å². The fourth-order valence-electron chi connectivity index (χ4n) is 2.14. The zero-order valence-electron chi connectivity index (χ0n) is 11.4. The molecule has 3 N–H and O–H groups in total. The lowest BCUT2D eigenvalue weighted by Gasteiger charge is -2.35. The molecular weight excluding hydrogens is 246 g/mol. The second kappa shape index (κ2) is 6.34. The predicted octanol–water partition coefficient (Wildman–Crippen LogP) is -0.523. The minimum atomic E-state index is -0.480. The van der Waals surface area contributed by atoms with E-state index in [1.54, 1.807) is 4.90 Å². The van der Waals surface area contributed by atoms with Crippen molar-refractivity contribution in [1.29, 1.82) is 0 Å². The Morgan fingerprint density at radius 3 is 2.84 bits per heavy atom. The van der Waals surface area contributed by atoms with Crippen LogP contribution in [0.3, 0.4) is 0 Å². The topological polar surface area (TPSA) is 84.7 Å². The fraction of sp³-hybridized carbons (Fsp3) is 0.846. The highest BCUT2D eigenvalue weighted by Crippen LogP contribution is 2.20. The lowest BCUT2D eigenvalue weighted by atomic mass is 10.1. The van der Waals surface area contributed by atoms with Gasteiger partial charge in [-0.1, -0.05) is 6.92 Å². The molecule has 1 aliphatic carbocycles. The Bertz CT molecular complexity index is 344. The first-order valence-electron chi connectivity index (χ1n) is 6.99. The van der Waals surface area contributed by atoms with E-state index in [1.807, 2.05) is 6.92 Å². The van der Waals surface area contributed by atoms with E-state index in [0.29, 0.717) is 38.8 Å². The molecule has 6 heteroatoms. The minimum Gasteiger partial charge on any atom is -0.377 e. The van der Waals surface area contributed by atoms with Crippen molar-refractivity contribution in [2.24, 2.45) is 11.7 Å². The number of amides is 2. The van der Waals surface area contributed by atoms with Gasteiger partial charge in [0.1, 0.15) is 6.04 Å². The van der Waals surface area contributed by atoms with Crippen LogP contribution >= 0.6 is 0 Å². The van der Waals surface area contributed by atoms with Crippen LogP contribution in [0.5, 0.6) is 0 Å². The average Bonchev–Trinajstić information content (AvgIpc) is 3.22. The third kappa shape index (κ3) is 3.91. The van der Waals surface area contributed by atoms with Gasteiger partial charge in [-0.15, -0.1) is 0 Å². The summed E-state index contributed by atoms with van der Waals surface area (Å²) in [5.41, 5.74) is 5.54. The van der Waals surface area contributed by atoms with Crippen LogP contribution in [-0.4, -0.2) is 55.1 Å². The molecule has 0 radical (unpaired) electrons. The van der Waals surface area contributed by atoms with Gasteiger partial charge in [0.25, 0.3) is 0 Å². The Kier molecular flexibility index (Phi) is 4.76. The van der Waals surface area contributed by atoms with Gasteiger partial charge in [-0.3, -0.25) is 9.59 Å². The van der Waals surface area contributed by atoms with Crippen molar-refractivity contribution in [3.05, 3.63) is 0 Å². The number of nitrogens with zero attached hydrogens (tertiary/aromatic N) is 1. The summed E-state index contributed by atoms with van der Waals surface area (Å²) in [5, 5.41) is 2.94. The molecule has 2 aliphatic rings.